The van der Waals surface area contributed by atoms with Gasteiger partial charge in [0.15, 0.2) is 0 Å². The van der Waals surface area contributed by atoms with E-state index in [1.165, 1.54) is 6.42 Å². The second kappa shape index (κ2) is 7.68. The van der Waals surface area contributed by atoms with Gasteiger partial charge in [-0.3, -0.25) is 14.7 Å². The number of likely N-dealkylation sites (N-methyl/N-ethyl adjacent to an activating group) is 1. The van der Waals surface area contributed by atoms with Crippen molar-refractivity contribution >= 4 is 22.7 Å². The highest BCUT2D eigenvalue weighted by atomic mass is 16.2. The van der Waals surface area contributed by atoms with Crippen molar-refractivity contribution in [2.45, 2.75) is 31.7 Å². The van der Waals surface area contributed by atoms with Gasteiger partial charge in [-0.25, -0.2) is 0 Å². The van der Waals surface area contributed by atoms with Gasteiger partial charge in [0.1, 0.15) is 0 Å². The Hall–Kier alpha value is -2.41. The van der Waals surface area contributed by atoms with Crippen molar-refractivity contribution in [2.75, 3.05) is 33.2 Å². The summed E-state index contributed by atoms with van der Waals surface area (Å²) in [5.41, 5.74) is 1.57. The fraction of sp³-hybridized carbons (Fsp3) is 0.550. The maximum Gasteiger partial charge on any atom is 0.253 e. The number of benzene rings is 1. The van der Waals surface area contributed by atoms with E-state index in [1.807, 2.05) is 23.1 Å². The van der Waals surface area contributed by atoms with E-state index in [-0.39, 0.29) is 17.7 Å². The van der Waals surface area contributed by atoms with Crippen LogP contribution in [0.5, 0.6) is 0 Å². The molecule has 27 heavy (non-hydrogen) atoms. The summed E-state index contributed by atoms with van der Waals surface area (Å²) in [7, 11) is 2.11. The largest absolute Gasteiger partial charge is 0.354 e. The van der Waals surface area contributed by atoms with Crippen LogP contribution in [-0.4, -0.2) is 71.1 Å². The van der Waals surface area contributed by atoms with Gasteiger partial charge < -0.3 is 15.1 Å². The number of carbonyl (C=O) groups excluding carboxylic acids is 2. The zero-order valence-corrected chi connectivity index (χ0v) is 15.8. The van der Waals surface area contributed by atoms with Gasteiger partial charge in [0, 0.05) is 36.6 Å². The molecule has 1 aromatic heterocycles. The molecule has 1 aromatic carbocycles. The minimum absolute atomic E-state index is 0.00822. The minimum atomic E-state index is -0.118. The fourth-order valence-electron chi connectivity index (χ4n) is 4.23. The lowest BCUT2D eigenvalue weighted by Crippen LogP contribution is -2.47. The third kappa shape index (κ3) is 3.83. The van der Waals surface area contributed by atoms with Gasteiger partial charge in [-0.15, -0.1) is 0 Å². The van der Waals surface area contributed by atoms with Crippen molar-refractivity contribution in [1.29, 1.82) is 0 Å². The summed E-state index contributed by atoms with van der Waals surface area (Å²) in [6.45, 7) is 3.01. The average Bonchev–Trinajstić information content (AvgIpc) is 3.33. The van der Waals surface area contributed by atoms with Crippen molar-refractivity contribution in [2.24, 2.45) is 5.92 Å². The first kappa shape index (κ1) is 18.0. The first-order valence-corrected chi connectivity index (χ1v) is 9.82. The van der Waals surface area contributed by atoms with Crippen LogP contribution in [0.4, 0.5) is 0 Å². The van der Waals surface area contributed by atoms with Crippen molar-refractivity contribution in [3.8, 4) is 0 Å². The summed E-state index contributed by atoms with van der Waals surface area (Å²) in [6, 6.07) is 6.00. The standard InChI is InChI=1S/C20H27N5O2/c1-24-8-3-5-17(24)12-21-19(26)15-4-2-9-25(13-15)20(27)14-6-7-18-16(10-14)11-22-23-18/h6-7,10-11,15,17H,2-5,8-9,12-13H2,1H3,(H,21,26)(H,22,23). The van der Waals surface area contributed by atoms with Crippen LogP contribution in [-0.2, 0) is 4.79 Å². The zero-order valence-electron chi connectivity index (χ0n) is 15.8. The third-order valence-corrected chi connectivity index (χ3v) is 5.95. The molecule has 7 nitrogen and oxygen atoms in total. The maximum atomic E-state index is 12.9. The lowest BCUT2D eigenvalue weighted by Gasteiger charge is -2.32. The van der Waals surface area contributed by atoms with Crippen molar-refractivity contribution in [3.05, 3.63) is 30.0 Å². The van der Waals surface area contributed by atoms with Gasteiger partial charge in [0.05, 0.1) is 17.6 Å². The first-order chi connectivity index (χ1) is 13.1. The summed E-state index contributed by atoms with van der Waals surface area (Å²) < 4.78 is 0. The number of aromatic nitrogens is 2. The summed E-state index contributed by atoms with van der Waals surface area (Å²) in [5, 5.41) is 10.9. The Labute approximate surface area is 159 Å². The summed E-state index contributed by atoms with van der Waals surface area (Å²) in [6.07, 6.45) is 5.77. The number of rotatable bonds is 4. The fourth-order valence-corrected chi connectivity index (χ4v) is 4.23. The zero-order chi connectivity index (χ0) is 18.8. The Kier molecular flexibility index (Phi) is 5.11. The molecular weight excluding hydrogens is 342 g/mol. The molecule has 3 heterocycles. The van der Waals surface area contributed by atoms with Crippen LogP contribution in [0.1, 0.15) is 36.0 Å². The van der Waals surface area contributed by atoms with E-state index in [2.05, 4.69) is 27.5 Å². The highest BCUT2D eigenvalue weighted by molar-refractivity contribution is 5.98. The molecular formula is C20H27N5O2. The smallest absolute Gasteiger partial charge is 0.253 e. The second-order valence-electron chi connectivity index (χ2n) is 7.78. The predicted octanol–water partition coefficient (Wildman–Crippen LogP) is 1.63. The highest BCUT2D eigenvalue weighted by Crippen LogP contribution is 2.21. The van der Waals surface area contributed by atoms with Gasteiger partial charge in [0.2, 0.25) is 5.91 Å². The van der Waals surface area contributed by atoms with E-state index in [0.29, 0.717) is 31.2 Å². The number of fused-ring (bicyclic) bond motifs is 1. The second-order valence-corrected chi connectivity index (χ2v) is 7.78. The van der Waals surface area contributed by atoms with Gasteiger partial charge in [0.25, 0.3) is 5.91 Å². The Morgan fingerprint density at radius 1 is 1.26 bits per heavy atom. The van der Waals surface area contributed by atoms with Gasteiger partial charge in [-0.2, -0.15) is 5.10 Å². The number of likely N-dealkylation sites (tertiary alicyclic amines) is 2. The monoisotopic (exact) mass is 369 g/mol. The number of piperidine rings is 1. The van der Waals surface area contributed by atoms with Crippen LogP contribution in [0, 0.1) is 5.92 Å². The molecule has 0 saturated carbocycles. The number of hydrogen-bond acceptors (Lipinski definition) is 4. The summed E-state index contributed by atoms with van der Waals surface area (Å²) in [5.74, 6) is -0.0451. The molecule has 0 bridgehead atoms. The van der Waals surface area contributed by atoms with E-state index in [0.717, 1.165) is 36.7 Å². The normalized spacial score (nSPS) is 23.7. The van der Waals surface area contributed by atoms with Gasteiger partial charge >= 0.3 is 0 Å². The molecule has 2 N–H and O–H groups in total. The molecule has 2 saturated heterocycles. The predicted molar refractivity (Wildman–Crippen MR) is 103 cm³/mol. The number of hydrogen-bond donors (Lipinski definition) is 2. The van der Waals surface area contributed by atoms with Crippen LogP contribution in [0.25, 0.3) is 10.9 Å². The van der Waals surface area contributed by atoms with E-state index in [1.54, 1.807) is 6.20 Å². The lowest BCUT2D eigenvalue weighted by molar-refractivity contribution is -0.126. The summed E-state index contributed by atoms with van der Waals surface area (Å²) in [4.78, 5) is 29.7. The number of amides is 2. The maximum absolute atomic E-state index is 12.9. The molecule has 0 spiro atoms. The molecule has 2 amide bonds. The lowest BCUT2D eigenvalue weighted by atomic mass is 9.96. The van der Waals surface area contributed by atoms with E-state index in [9.17, 15) is 9.59 Å². The van der Waals surface area contributed by atoms with Crippen molar-refractivity contribution in [1.82, 2.24) is 25.3 Å². The van der Waals surface area contributed by atoms with Crippen LogP contribution < -0.4 is 5.32 Å². The van der Waals surface area contributed by atoms with E-state index < -0.39 is 0 Å². The Balaban J connectivity index is 1.36. The van der Waals surface area contributed by atoms with Crippen LogP contribution in [0.3, 0.4) is 0 Å². The van der Waals surface area contributed by atoms with Crippen LogP contribution in [0.2, 0.25) is 0 Å². The third-order valence-electron chi connectivity index (χ3n) is 5.95. The van der Waals surface area contributed by atoms with Crippen LogP contribution >= 0.6 is 0 Å². The number of nitrogens with zero attached hydrogens (tertiary/aromatic N) is 3. The molecule has 2 aromatic rings. The van der Waals surface area contributed by atoms with Gasteiger partial charge in [-0.1, -0.05) is 0 Å². The average molecular weight is 369 g/mol. The number of H-pyrrole nitrogens is 1. The van der Waals surface area contributed by atoms with Crippen molar-refractivity contribution < 1.29 is 9.59 Å². The minimum Gasteiger partial charge on any atom is -0.354 e. The van der Waals surface area contributed by atoms with Crippen LogP contribution in [0.15, 0.2) is 24.4 Å². The number of carbonyl (C=O) groups is 2. The molecule has 7 heteroatoms. The molecule has 2 aliphatic rings. The van der Waals surface area contributed by atoms with Gasteiger partial charge in [-0.05, 0) is 57.5 Å². The number of aromatic amines is 1. The Bertz CT molecular complexity index is 833. The molecule has 2 aliphatic heterocycles. The molecule has 144 valence electrons. The first-order valence-electron chi connectivity index (χ1n) is 9.82. The molecule has 2 unspecified atom stereocenters. The highest BCUT2D eigenvalue weighted by Gasteiger charge is 2.30. The van der Waals surface area contributed by atoms with E-state index in [4.69, 9.17) is 0 Å². The topological polar surface area (TPSA) is 81.3 Å². The molecule has 4 rings (SSSR count). The SMILES string of the molecule is CN1CCCC1CNC(=O)C1CCCN(C(=O)c2ccc3[nH]ncc3c2)C1. The molecule has 0 radical (unpaired) electrons. The van der Waals surface area contributed by atoms with Crippen molar-refractivity contribution in [3.63, 3.8) is 0 Å². The molecule has 0 aliphatic carbocycles. The molecule has 2 atom stereocenters. The summed E-state index contributed by atoms with van der Waals surface area (Å²) >= 11 is 0. The number of nitrogens with one attached hydrogen (secondary N) is 2. The Morgan fingerprint density at radius 2 is 2.11 bits per heavy atom. The quantitative estimate of drug-likeness (QED) is 0.858. The Morgan fingerprint density at radius 3 is 2.93 bits per heavy atom. The molecule has 2 fully saturated rings. The van der Waals surface area contributed by atoms with E-state index >= 15 is 0 Å².